The highest BCUT2D eigenvalue weighted by atomic mass is 35.5. The van der Waals surface area contributed by atoms with Gasteiger partial charge in [-0.05, 0) is 29.8 Å². The summed E-state index contributed by atoms with van der Waals surface area (Å²) in [6.45, 7) is 0. The van der Waals surface area contributed by atoms with E-state index in [2.05, 4.69) is 20.0 Å². The minimum absolute atomic E-state index is 0.154. The number of thiophene rings is 1. The smallest absolute Gasteiger partial charge is 0.310 e. The summed E-state index contributed by atoms with van der Waals surface area (Å²) < 4.78 is 32.0. The Morgan fingerprint density at radius 2 is 2.17 bits per heavy atom. The summed E-state index contributed by atoms with van der Waals surface area (Å²) in [5, 5.41) is 3.06. The molecule has 150 valence electrons. The maximum Gasteiger partial charge on any atom is 0.310 e. The highest BCUT2D eigenvalue weighted by Gasteiger charge is 2.26. The number of ether oxygens (including phenoxy) is 1. The average molecular weight is 452 g/mol. The normalized spacial score (nSPS) is 15.2. The molecule has 3 aromatic rings. The lowest BCUT2D eigenvalue weighted by Gasteiger charge is -2.12. The molecule has 1 aromatic carbocycles. The van der Waals surface area contributed by atoms with E-state index in [0.717, 1.165) is 4.88 Å². The van der Waals surface area contributed by atoms with Gasteiger partial charge in [-0.25, -0.2) is 14.4 Å². The number of hydrogen-bond acceptors (Lipinski definition) is 7. The van der Waals surface area contributed by atoms with E-state index < -0.39 is 22.6 Å². The molecule has 6 nitrogen and oxygen atoms in total. The van der Waals surface area contributed by atoms with Gasteiger partial charge in [0.05, 0.1) is 39.2 Å². The van der Waals surface area contributed by atoms with E-state index in [4.69, 9.17) is 11.6 Å². The zero-order chi connectivity index (χ0) is 20.5. The average Bonchev–Trinajstić information content (AvgIpc) is 3.30. The molecular weight excluding hydrogens is 437 g/mol. The van der Waals surface area contributed by atoms with Crippen LogP contribution in [0.2, 0.25) is 4.34 Å². The number of methoxy groups -OCH3 is 1. The van der Waals surface area contributed by atoms with Crippen LogP contribution >= 0.6 is 22.9 Å². The molecule has 0 amide bonds. The van der Waals surface area contributed by atoms with E-state index in [-0.39, 0.29) is 12.0 Å². The number of anilines is 2. The molecule has 0 fully saturated rings. The number of aromatic nitrogens is 2. The molecule has 0 spiro atoms. The number of fused-ring (bicyclic) bond motifs is 1. The van der Waals surface area contributed by atoms with Crippen molar-refractivity contribution >= 4 is 51.2 Å². The number of carbonyl (C=O) groups excluding carboxylic acids is 1. The van der Waals surface area contributed by atoms with Crippen LogP contribution in [0, 0.1) is 5.82 Å². The summed E-state index contributed by atoms with van der Waals surface area (Å²) in [7, 11) is 0.0279. The largest absolute Gasteiger partial charge is 0.469 e. The first-order valence-corrected chi connectivity index (χ1v) is 11.1. The molecule has 0 radical (unpaired) electrons. The number of aryl methyl sites for hydroxylation is 1. The molecule has 1 N–H and O–H groups in total. The van der Waals surface area contributed by atoms with Crippen molar-refractivity contribution in [3.05, 3.63) is 51.7 Å². The van der Waals surface area contributed by atoms with Crippen LogP contribution in [0.1, 0.15) is 11.3 Å². The summed E-state index contributed by atoms with van der Waals surface area (Å²) >= 11 is 7.37. The third-order valence-corrected chi connectivity index (χ3v) is 7.05. The number of halogens is 2. The molecule has 0 saturated carbocycles. The lowest BCUT2D eigenvalue weighted by Crippen LogP contribution is -2.07. The van der Waals surface area contributed by atoms with Gasteiger partial charge in [0.15, 0.2) is 11.6 Å². The van der Waals surface area contributed by atoms with Crippen molar-refractivity contribution in [3.8, 4) is 10.7 Å². The van der Waals surface area contributed by atoms with Crippen LogP contribution in [0.3, 0.4) is 0 Å². The van der Waals surface area contributed by atoms with Crippen molar-refractivity contribution in [2.24, 2.45) is 0 Å². The molecule has 3 heterocycles. The van der Waals surface area contributed by atoms with Crippen LogP contribution in [-0.4, -0.2) is 33.0 Å². The standard InChI is InChI=1S/C19H15ClFN3O3S2/c1-27-16(25)8-10-2-3-11(9-12(10)21)22-19-17-13(6-7-29(17)26)23-18(24-19)14-4-5-15(20)28-14/h2-5,9H,6-8H2,1H3,(H,22,23,24)/t29-/m1/s1. The number of esters is 1. The van der Waals surface area contributed by atoms with E-state index in [1.807, 2.05) is 6.07 Å². The predicted molar refractivity (Wildman–Crippen MR) is 111 cm³/mol. The Hall–Kier alpha value is -2.36. The summed E-state index contributed by atoms with van der Waals surface area (Å²) in [5.41, 5.74) is 1.37. The molecule has 1 atom stereocenters. The van der Waals surface area contributed by atoms with Crippen LogP contribution in [0.25, 0.3) is 10.7 Å². The minimum Gasteiger partial charge on any atom is -0.469 e. The Kier molecular flexibility index (Phi) is 5.62. The quantitative estimate of drug-likeness (QED) is 0.588. The first-order valence-electron chi connectivity index (χ1n) is 8.62. The number of nitrogens with zero attached hydrogens (tertiary/aromatic N) is 2. The topological polar surface area (TPSA) is 81.2 Å². The fourth-order valence-corrected chi connectivity index (χ4v) is 5.24. The molecule has 0 bridgehead atoms. The molecule has 0 saturated heterocycles. The van der Waals surface area contributed by atoms with Gasteiger partial charge in [-0.1, -0.05) is 17.7 Å². The second-order valence-electron chi connectivity index (χ2n) is 6.26. The van der Waals surface area contributed by atoms with Crippen LogP contribution in [-0.2, 0) is 33.2 Å². The van der Waals surface area contributed by atoms with E-state index >= 15 is 0 Å². The molecule has 1 aliphatic heterocycles. The highest BCUT2D eigenvalue weighted by molar-refractivity contribution is 7.85. The van der Waals surface area contributed by atoms with Crippen molar-refractivity contribution in [3.63, 3.8) is 0 Å². The van der Waals surface area contributed by atoms with E-state index in [1.54, 1.807) is 12.1 Å². The summed E-state index contributed by atoms with van der Waals surface area (Å²) in [5.74, 6) is 0.264. The number of benzene rings is 1. The van der Waals surface area contributed by atoms with Gasteiger partial charge in [0.1, 0.15) is 10.7 Å². The molecule has 0 aliphatic carbocycles. The Balaban J connectivity index is 1.69. The summed E-state index contributed by atoms with van der Waals surface area (Å²) in [6, 6.07) is 8.00. The van der Waals surface area contributed by atoms with Crippen LogP contribution < -0.4 is 5.32 Å². The Morgan fingerprint density at radius 1 is 1.34 bits per heavy atom. The zero-order valence-electron chi connectivity index (χ0n) is 15.2. The van der Waals surface area contributed by atoms with Crippen molar-refractivity contribution < 1.29 is 18.1 Å². The first kappa shape index (κ1) is 19.9. The Bertz CT molecular complexity index is 1140. The van der Waals surface area contributed by atoms with Crippen LogP contribution in [0.4, 0.5) is 15.9 Å². The molecule has 2 aromatic heterocycles. The Morgan fingerprint density at radius 3 is 2.86 bits per heavy atom. The van der Waals surface area contributed by atoms with Gasteiger partial charge in [0.25, 0.3) is 0 Å². The second kappa shape index (κ2) is 8.17. The number of hydrogen-bond donors (Lipinski definition) is 1. The van der Waals surface area contributed by atoms with Gasteiger partial charge in [0, 0.05) is 17.9 Å². The lowest BCUT2D eigenvalue weighted by atomic mass is 10.1. The van der Waals surface area contributed by atoms with Crippen LogP contribution in [0.15, 0.2) is 35.2 Å². The van der Waals surface area contributed by atoms with Crippen molar-refractivity contribution in [1.82, 2.24) is 9.97 Å². The zero-order valence-corrected chi connectivity index (χ0v) is 17.6. The van der Waals surface area contributed by atoms with Gasteiger partial charge >= 0.3 is 5.97 Å². The number of rotatable bonds is 5. The van der Waals surface area contributed by atoms with Gasteiger partial charge in [-0.3, -0.25) is 9.00 Å². The summed E-state index contributed by atoms with van der Waals surface area (Å²) in [4.78, 5) is 21.8. The van der Waals surface area contributed by atoms with Crippen molar-refractivity contribution in [1.29, 1.82) is 0 Å². The van der Waals surface area contributed by atoms with Gasteiger partial charge in [0.2, 0.25) is 0 Å². The fourth-order valence-electron chi connectivity index (χ4n) is 2.96. The molecule has 10 heteroatoms. The van der Waals surface area contributed by atoms with Crippen LogP contribution in [0.5, 0.6) is 0 Å². The Labute approximate surface area is 177 Å². The SMILES string of the molecule is COC(=O)Cc1ccc(Nc2nc(-c3ccc(Cl)s3)nc3c2[S@](=O)CC3)cc1F. The third kappa shape index (κ3) is 4.17. The monoisotopic (exact) mass is 451 g/mol. The maximum atomic E-state index is 14.4. The summed E-state index contributed by atoms with van der Waals surface area (Å²) in [6.07, 6.45) is 0.427. The van der Waals surface area contributed by atoms with Gasteiger partial charge < -0.3 is 10.1 Å². The maximum absolute atomic E-state index is 14.4. The lowest BCUT2D eigenvalue weighted by molar-refractivity contribution is -0.139. The first-order chi connectivity index (χ1) is 13.9. The molecule has 0 unspecified atom stereocenters. The predicted octanol–water partition coefficient (Wildman–Crippen LogP) is 4.12. The highest BCUT2D eigenvalue weighted by Crippen LogP contribution is 2.35. The molecule has 4 rings (SSSR count). The van der Waals surface area contributed by atoms with Gasteiger partial charge in [-0.2, -0.15) is 0 Å². The number of carbonyl (C=O) groups is 1. The van der Waals surface area contributed by atoms with E-state index in [9.17, 15) is 13.4 Å². The number of nitrogens with one attached hydrogen (secondary N) is 1. The van der Waals surface area contributed by atoms with Gasteiger partial charge in [-0.15, -0.1) is 11.3 Å². The van der Waals surface area contributed by atoms with Crippen molar-refractivity contribution in [2.45, 2.75) is 17.7 Å². The molecule has 1 aliphatic rings. The molecular formula is C19H15ClFN3O3S2. The second-order valence-corrected chi connectivity index (χ2v) is 9.48. The third-order valence-electron chi connectivity index (χ3n) is 4.36. The van der Waals surface area contributed by atoms with Crippen molar-refractivity contribution in [2.75, 3.05) is 18.2 Å². The van der Waals surface area contributed by atoms with E-state index in [1.165, 1.54) is 30.6 Å². The fraction of sp³-hybridized carbons (Fsp3) is 0.211. The minimum atomic E-state index is -1.23. The molecule has 29 heavy (non-hydrogen) atoms. The van der Waals surface area contributed by atoms with E-state index in [0.29, 0.717) is 44.4 Å².